The zero-order chi connectivity index (χ0) is 26.0. The van der Waals surface area contributed by atoms with Gasteiger partial charge in [-0.05, 0) is 93.2 Å². The van der Waals surface area contributed by atoms with E-state index in [-0.39, 0.29) is 17.6 Å². The number of hydrogen-bond donors (Lipinski definition) is 3. The van der Waals surface area contributed by atoms with Crippen LogP contribution in [0, 0.1) is 16.7 Å². The standard InChI is InChI=1S/C26H29N3O3S.C2H4/c1-17(32-26(2,3)4)23(25(30)29-33)27-24(21-13-14-21)20-11-7-18(8-12-20)5-6-19-9-15-22(28-31)16-10-19;1-2/h7-12,15-17,23,27,33H,13-14H2,1-4H3,(H,29,30);1-2H2. The Labute approximate surface area is 213 Å². The average molecular weight is 492 g/mol. The zero-order valence-corrected chi connectivity index (χ0v) is 21.6. The minimum Gasteiger partial charge on any atom is -0.371 e. The maximum Gasteiger partial charge on any atom is 0.254 e. The number of hydrogen-bond acceptors (Lipinski definition) is 6. The van der Waals surface area contributed by atoms with Crippen molar-refractivity contribution in [2.24, 2.45) is 5.18 Å². The monoisotopic (exact) mass is 491 g/mol. The molecule has 2 atom stereocenters. The third-order valence-electron chi connectivity index (χ3n) is 5.05. The van der Waals surface area contributed by atoms with E-state index in [0.717, 1.165) is 35.2 Å². The van der Waals surface area contributed by atoms with E-state index in [1.54, 1.807) is 24.3 Å². The molecular weight excluding hydrogens is 458 g/mol. The number of nitrogens with zero attached hydrogens (tertiary/aromatic N) is 1. The van der Waals surface area contributed by atoms with Crippen LogP contribution in [0.2, 0.25) is 0 Å². The Kier molecular flexibility index (Phi) is 10.3. The lowest BCUT2D eigenvalue weighted by Gasteiger charge is -2.31. The van der Waals surface area contributed by atoms with Gasteiger partial charge in [0.05, 0.1) is 11.7 Å². The van der Waals surface area contributed by atoms with Crippen molar-refractivity contribution in [2.75, 3.05) is 0 Å². The highest BCUT2D eigenvalue weighted by Gasteiger charge is 2.31. The van der Waals surface area contributed by atoms with E-state index >= 15 is 0 Å². The third kappa shape index (κ3) is 8.75. The van der Waals surface area contributed by atoms with E-state index in [0.29, 0.717) is 5.69 Å². The van der Waals surface area contributed by atoms with Crippen molar-refractivity contribution in [3.63, 3.8) is 0 Å². The minimum absolute atomic E-state index is 0.243. The summed E-state index contributed by atoms with van der Waals surface area (Å²) in [4.78, 5) is 23.1. The predicted molar refractivity (Wildman–Crippen MR) is 146 cm³/mol. The fourth-order valence-electron chi connectivity index (χ4n) is 3.42. The van der Waals surface area contributed by atoms with E-state index in [4.69, 9.17) is 4.74 Å². The van der Waals surface area contributed by atoms with Crippen molar-refractivity contribution < 1.29 is 9.53 Å². The Hall–Kier alpha value is -3.34. The van der Waals surface area contributed by atoms with Crippen molar-refractivity contribution in [1.29, 1.82) is 0 Å². The molecule has 7 heteroatoms. The van der Waals surface area contributed by atoms with Gasteiger partial charge in [0.25, 0.3) is 5.91 Å². The summed E-state index contributed by atoms with van der Waals surface area (Å²) in [5, 5.41) is 6.31. The first-order valence-corrected chi connectivity index (χ1v) is 11.8. The Morgan fingerprint density at radius 1 is 1.03 bits per heavy atom. The number of nitrogens with one attached hydrogen (secondary N) is 2. The largest absolute Gasteiger partial charge is 0.371 e. The fraction of sp³-hybridized carbons (Fsp3) is 0.321. The maximum atomic E-state index is 12.6. The van der Waals surface area contributed by atoms with Gasteiger partial charge in [-0.15, -0.1) is 18.1 Å². The quantitative estimate of drug-likeness (QED) is 0.195. The zero-order valence-electron chi connectivity index (χ0n) is 20.7. The van der Waals surface area contributed by atoms with Crippen LogP contribution in [0.25, 0.3) is 5.70 Å². The van der Waals surface area contributed by atoms with Gasteiger partial charge in [-0.25, -0.2) is 0 Å². The van der Waals surface area contributed by atoms with Crippen LogP contribution < -0.4 is 10.0 Å². The van der Waals surface area contributed by atoms with E-state index in [9.17, 15) is 9.70 Å². The first kappa shape index (κ1) is 27.9. The number of ether oxygens (including phenoxy) is 1. The number of allylic oxidation sites excluding steroid dienone is 1. The smallest absolute Gasteiger partial charge is 0.254 e. The van der Waals surface area contributed by atoms with Crippen LogP contribution >= 0.6 is 12.8 Å². The lowest BCUT2D eigenvalue weighted by atomic mass is 10.0. The molecule has 0 bridgehead atoms. The molecule has 3 rings (SSSR count). The Morgan fingerprint density at radius 3 is 1.97 bits per heavy atom. The second-order valence-corrected chi connectivity index (χ2v) is 9.20. The highest BCUT2D eigenvalue weighted by atomic mass is 32.1. The molecule has 1 fully saturated rings. The second kappa shape index (κ2) is 12.9. The van der Waals surface area contributed by atoms with Crippen LogP contribution in [0.1, 0.15) is 57.2 Å². The van der Waals surface area contributed by atoms with E-state index in [1.807, 2.05) is 52.0 Å². The molecule has 0 radical (unpaired) electrons. The molecule has 0 heterocycles. The Balaban J connectivity index is 0.00000210. The highest BCUT2D eigenvalue weighted by Crippen LogP contribution is 2.35. The molecule has 2 unspecified atom stereocenters. The molecule has 1 aliphatic rings. The predicted octanol–water partition coefficient (Wildman–Crippen LogP) is 5.91. The number of amides is 1. The summed E-state index contributed by atoms with van der Waals surface area (Å²) in [6, 6.07) is 14.1. The number of benzene rings is 2. The lowest BCUT2D eigenvalue weighted by molar-refractivity contribution is -0.128. The van der Waals surface area contributed by atoms with E-state index in [1.165, 1.54) is 5.57 Å². The van der Waals surface area contributed by atoms with Gasteiger partial charge in [-0.2, -0.15) is 0 Å². The van der Waals surface area contributed by atoms with Gasteiger partial charge in [0.1, 0.15) is 11.7 Å². The Morgan fingerprint density at radius 2 is 1.54 bits per heavy atom. The van der Waals surface area contributed by atoms with Gasteiger partial charge in [0.15, 0.2) is 0 Å². The maximum absolute atomic E-state index is 12.6. The van der Waals surface area contributed by atoms with Gasteiger partial charge in [-0.1, -0.05) is 36.8 Å². The Bertz CT molecular complexity index is 1100. The molecule has 184 valence electrons. The average Bonchev–Trinajstić information content (AvgIpc) is 3.69. The van der Waals surface area contributed by atoms with Crippen molar-refractivity contribution in [1.82, 2.24) is 10.0 Å². The molecule has 1 aliphatic carbocycles. The van der Waals surface area contributed by atoms with Crippen LogP contribution in [0.5, 0.6) is 0 Å². The number of carbonyl (C=O) groups excluding carboxylic acids is 1. The molecule has 2 N–H and O–H groups in total. The summed E-state index contributed by atoms with van der Waals surface area (Å²) >= 11 is 3.97. The van der Waals surface area contributed by atoms with Crippen molar-refractivity contribution in [3.8, 4) is 11.8 Å². The van der Waals surface area contributed by atoms with Crippen molar-refractivity contribution in [2.45, 2.75) is 58.3 Å². The summed E-state index contributed by atoms with van der Waals surface area (Å²) < 4.78 is 8.49. The van der Waals surface area contributed by atoms with Crippen LogP contribution in [-0.2, 0) is 9.53 Å². The van der Waals surface area contributed by atoms with Crippen LogP contribution in [0.3, 0.4) is 0 Å². The molecular formula is C28H33N3O3S. The molecule has 0 aromatic heterocycles. The van der Waals surface area contributed by atoms with Gasteiger partial charge < -0.3 is 14.8 Å². The second-order valence-electron chi connectivity index (χ2n) is 8.98. The van der Waals surface area contributed by atoms with E-state index in [2.05, 4.69) is 53.0 Å². The molecule has 0 spiro atoms. The minimum atomic E-state index is -0.590. The molecule has 2 aromatic rings. The third-order valence-corrected chi connectivity index (χ3v) is 5.27. The number of rotatable bonds is 7. The van der Waals surface area contributed by atoms with Crippen LogP contribution in [0.15, 0.2) is 72.4 Å². The van der Waals surface area contributed by atoms with Gasteiger partial charge >= 0.3 is 0 Å². The van der Waals surface area contributed by atoms with Gasteiger partial charge in [0, 0.05) is 16.8 Å². The highest BCUT2D eigenvalue weighted by molar-refractivity contribution is 7.78. The van der Waals surface area contributed by atoms with E-state index < -0.39 is 6.04 Å². The molecule has 0 aliphatic heterocycles. The number of carbonyl (C=O) groups is 1. The summed E-state index contributed by atoms with van der Waals surface area (Å²) in [6.07, 6.45) is 1.64. The molecule has 0 saturated heterocycles. The van der Waals surface area contributed by atoms with Crippen molar-refractivity contribution in [3.05, 3.63) is 88.9 Å². The molecule has 6 nitrogen and oxygen atoms in total. The number of nitroso groups, excluding NO2 is 1. The lowest BCUT2D eigenvalue weighted by Crippen LogP contribution is -2.50. The SMILES string of the molecule is C=C.CC(OC(C)(C)C)C(NC(=C1CC1)c1ccc(C#Cc2ccc(N=O)cc2)cc1)C(=O)NS. The molecule has 1 amide bonds. The normalized spacial score (nSPS) is 13.7. The fourth-order valence-corrected chi connectivity index (χ4v) is 3.56. The summed E-state index contributed by atoms with van der Waals surface area (Å²) in [5.41, 5.74) is 4.90. The van der Waals surface area contributed by atoms with Crippen LogP contribution in [0.4, 0.5) is 5.69 Å². The topological polar surface area (TPSA) is 79.8 Å². The first-order chi connectivity index (χ1) is 16.7. The first-order valence-electron chi connectivity index (χ1n) is 11.4. The van der Waals surface area contributed by atoms with Gasteiger partial charge in [0.2, 0.25) is 0 Å². The molecule has 2 aromatic carbocycles. The summed E-state index contributed by atoms with van der Waals surface area (Å²) in [6.45, 7) is 13.8. The molecule has 35 heavy (non-hydrogen) atoms. The van der Waals surface area contributed by atoms with Gasteiger partial charge in [-0.3, -0.25) is 4.79 Å². The summed E-state index contributed by atoms with van der Waals surface area (Å²) in [7, 11) is 0. The van der Waals surface area contributed by atoms with Crippen molar-refractivity contribution >= 4 is 30.1 Å². The van der Waals surface area contributed by atoms with Crippen LogP contribution in [-0.4, -0.2) is 23.7 Å². The number of thiol groups is 1. The molecule has 1 saturated carbocycles. The summed E-state index contributed by atoms with van der Waals surface area (Å²) in [5.74, 6) is 5.98.